The molecule has 0 aliphatic heterocycles. The van der Waals surface area contributed by atoms with E-state index in [1.807, 2.05) is 31.2 Å². The summed E-state index contributed by atoms with van der Waals surface area (Å²) in [6.45, 7) is 2.33. The highest BCUT2D eigenvalue weighted by Gasteiger charge is 2.13. The molecular formula is C17H20FNO2. The van der Waals surface area contributed by atoms with Gasteiger partial charge in [0.05, 0.1) is 13.2 Å². The van der Waals surface area contributed by atoms with E-state index in [0.717, 1.165) is 11.3 Å². The van der Waals surface area contributed by atoms with Crippen LogP contribution in [0.1, 0.15) is 30.2 Å². The average molecular weight is 289 g/mol. The zero-order valence-electron chi connectivity index (χ0n) is 12.2. The summed E-state index contributed by atoms with van der Waals surface area (Å²) in [4.78, 5) is 0. The van der Waals surface area contributed by atoms with E-state index in [1.165, 1.54) is 12.1 Å². The number of halogens is 1. The number of ether oxygens (including phenoxy) is 1. The molecular weight excluding hydrogens is 269 g/mol. The number of hydrogen-bond donors (Lipinski definition) is 2. The van der Waals surface area contributed by atoms with Crippen molar-refractivity contribution in [1.29, 1.82) is 0 Å². The Kier molecular flexibility index (Phi) is 5.31. The molecule has 1 unspecified atom stereocenters. The minimum absolute atomic E-state index is 0.0179. The Morgan fingerprint density at radius 1 is 1.19 bits per heavy atom. The number of aliphatic hydroxyl groups excluding tert-OH is 1. The predicted molar refractivity (Wildman–Crippen MR) is 80.8 cm³/mol. The maximum Gasteiger partial charge on any atom is 0.123 e. The normalized spacial score (nSPS) is 13.7. The van der Waals surface area contributed by atoms with Gasteiger partial charge in [0.1, 0.15) is 11.6 Å². The fourth-order valence-electron chi connectivity index (χ4n) is 2.25. The minimum Gasteiger partial charge on any atom is -0.496 e. The summed E-state index contributed by atoms with van der Waals surface area (Å²) in [5.41, 5.74) is 1.58. The number of methoxy groups -OCH3 is 1. The quantitative estimate of drug-likeness (QED) is 0.858. The molecule has 0 radical (unpaired) electrons. The monoisotopic (exact) mass is 289 g/mol. The summed E-state index contributed by atoms with van der Waals surface area (Å²) >= 11 is 0. The molecule has 0 aliphatic rings. The third-order valence-corrected chi connectivity index (χ3v) is 3.46. The molecule has 0 amide bonds. The van der Waals surface area contributed by atoms with Crippen molar-refractivity contribution in [2.45, 2.75) is 19.1 Å². The van der Waals surface area contributed by atoms with Crippen LogP contribution in [-0.2, 0) is 0 Å². The molecule has 0 saturated carbocycles. The molecule has 0 heterocycles. The summed E-state index contributed by atoms with van der Waals surface area (Å²) in [5.74, 6) is 0.460. The Labute approximate surface area is 124 Å². The van der Waals surface area contributed by atoms with Crippen LogP contribution in [0.4, 0.5) is 4.39 Å². The van der Waals surface area contributed by atoms with Gasteiger partial charge >= 0.3 is 0 Å². The van der Waals surface area contributed by atoms with Gasteiger partial charge in [-0.25, -0.2) is 4.39 Å². The van der Waals surface area contributed by atoms with Crippen LogP contribution in [0.3, 0.4) is 0 Å². The largest absolute Gasteiger partial charge is 0.496 e. The number of rotatable bonds is 6. The zero-order chi connectivity index (χ0) is 15.2. The van der Waals surface area contributed by atoms with E-state index < -0.39 is 6.10 Å². The molecule has 2 N–H and O–H groups in total. The van der Waals surface area contributed by atoms with E-state index in [-0.39, 0.29) is 11.9 Å². The lowest BCUT2D eigenvalue weighted by Gasteiger charge is -2.19. The Bertz CT molecular complexity index is 589. The Morgan fingerprint density at radius 3 is 2.67 bits per heavy atom. The number of benzene rings is 2. The summed E-state index contributed by atoms with van der Waals surface area (Å²) in [5, 5.41) is 13.3. The van der Waals surface area contributed by atoms with Crippen LogP contribution < -0.4 is 10.1 Å². The van der Waals surface area contributed by atoms with Gasteiger partial charge in [0.15, 0.2) is 0 Å². The second kappa shape index (κ2) is 7.20. The summed E-state index contributed by atoms with van der Waals surface area (Å²) in [7, 11) is 1.63. The molecule has 0 aromatic heterocycles. The molecule has 3 nitrogen and oxygen atoms in total. The van der Waals surface area contributed by atoms with Crippen molar-refractivity contribution in [3.8, 4) is 5.75 Å². The molecule has 0 bridgehead atoms. The molecule has 2 aromatic rings. The first kappa shape index (κ1) is 15.5. The van der Waals surface area contributed by atoms with Gasteiger partial charge < -0.3 is 15.2 Å². The van der Waals surface area contributed by atoms with E-state index in [4.69, 9.17) is 4.74 Å². The molecule has 21 heavy (non-hydrogen) atoms. The fraction of sp³-hybridized carbons (Fsp3) is 0.294. The Morgan fingerprint density at radius 2 is 1.95 bits per heavy atom. The van der Waals surface area contributed by atoms with E-state index in [0.29, 0.717) is 12.1 Å². The standard InChI is InChI=1S/C17H20FNO2/c1-12(15-8-3-4-9-17(15)21-2)19-11-16(20)13-6-5-7-14(18)10-13/h3-10,12,16,19-20H,11H2,1-2H3/t12-,16?/m1/s1. The van der Waals surface area contributed by atoms with Gasteiger partial charge in [-0.05, 0) is 30.7 Å². The van der Waals surface area contributed by atoms with Gasteiger partial charge in [-0.1, -0.05) is 30.3 Å². The number of para-hydroxylation sites is 1. The minimum atomic E-state index is -0.752. The van der Waals surface area contributed by atoms with Crippen molar-refractivity contribution < 1.29 is 14.2 Å². The molecule has 2 atom stereocenters. The highest BCUT2D eigenvalue weighted by molar-refractivity contribution is 5.35. The molecule has 4 heteroatoms. The van der Waals surface area contributed by atoms with Gasteiger partial charge in [-0.3, -0.25) is 0 Å². The predicted octanol–water partition coefficient (Wildman–Crippen LogP) is 3.22. The van der Waals surface area contributed by atoms with E-state index in [2.05, 4.69) is 5.32 Å². The van der Waals surface area contributed by atoms with Crippen LogP contribution in [0.15, 0.2) is 48.5 Å². The smallest absolute Gasteiger partial charge is 0.123 e. The molecule has 0 aliphatic carbocycles. The third kappa shape index (κ3) is 4.03. The zero-order valence-corrected chi connectivity index (χ0v) is 12.2. The lowest BCUT2D eigenvalue weighted by Crippen LogP contribution is -2.25. The van der Waals surface area contributed by atoms with Crippen LogP contribution in [-0.4, -0.2) is 18.8 Å². The summed E-state index contributed by atoms with van der Waals surface area (Å²) in [6.07, 6.45) is -0.752. The third-order valence-electron chi connectivity index (χ3n) is 3.46. The molecule has 0 saturated heterocycles. The first-order chi connectivity index (χ1) is 10.1. The second-order valence-electron chi connectivity index (χ2n) is 4.94. The molecule has 0 spiro atoms. The molecule has 0 fully saturated rings. The van der Waals surface area contributed by atoms with Gasteiger partial charge in [0, 0.05) is 18.2 Å². The Balaban J connectivity index is 1.99. The van der Waals surface area contributed by atoms with Gasteiger partial charge in [-0.15, -0.1) is 0 Å². The Hall–Kier alpha value is -1.91. The topological polar surface area (TPSA) is 41.5 Å². The van der Waals surface area contributed by atoms with Crippen LogP contribution in [0, 0.1) is 5.82 Å². The first-order valence-corrected chi connectivity index (χ1v) is 6.91. The molecule has 2 rings (SSSR count). The van der Waals surface area contributed by atoms with Crippen molar-refractivity contribution >= 4 is 0 Å². The number of nitrogens with one attached hydrogen (secondary N) is 1. The second-order valence-corrected chi connectivity index (χ2v) is 4.94. The van der Waals surface area contributed by atoms with Crippen LogP contribution >= 0.6 is 0 Å². The summed E-state index contributed by atoms with van der Waals surface area (Å²) in [6, 6.07) is 13.8. The average Bonchev–Trinajstić information content (AvgIpc) is 2.52. The summed E-state index contributed by atoms with van der Waals surface area (Å²) < 4.78 is 18.5. The van der Waals surface area contributed by atoms with Crippen LogP contribution in [0.5, 0.6) is 5.75 Å². The fourth-order valence-corrected chi connectivity index (χ4v) is 2.25. The number of hydrogen-bond acceptors (Lipinski definition) is 3. The highest BCUT2D eigenvalue weighted by Crippen LogP contribution is 2.24. The van der Waals surface area contributed by atoms with E-state index in [9.17, 15) is 9.50 Å². The van der Waals surface area contributed by atoms with Crippen LogP contribution in [0.25, 0.3) is 0 Å². The van der Waals surface area contributed by atoms with E-state index in [1.54, 1.807) is 19.2 Å². The van der Waals surface area contributed by atoms with Crippen molar-refractivity contribution in [3.63, 3.8) is 0 Å². The molecule has 2 aromatic carbocycles. The lowest BCUT2D eigenvalue weighted by atomic mass is 10.1. The van der Waals surface area contributed by atoms with Gasteiger partial charge in [-0.2, -0.15) is 0 Å². The molecule has 112 valence electrons. The van der Waals surface area contributed by atoms with Gasteiger partial charge in [0.25, 0.3) is 0 Å². The lowest BCUT2D eigenvalue weighted by molar-refractivity contribution is 0.170. The van der Waals surface area contributed by atoms with E-state index >= 15 is 0 Å². The number of aliphatic hydroxyl groups is 1. The van der Waals surface area contributed by atoms with Crippen molar-refractivity contribution in [2.24, 2.45) is 0 Å². The van der Waals surface area contributed by atoms with Crippen molar-refractivity contribution in [2.75, 3.05) is 13.7 Å². The maximum absolute atomic E-state index is 13.1. The highest BCUT2D eigenvalue weighted by atomic mass is 19.1. The van der Waals surface area contributed by atoms with Crippen molar-refractivity contribution in [3.05, 3.63) is 65.5 Å². The van der Waals surface area contributed by atoms with Crippen LogP contribution in [0.2, 0.25) is 0 Å². The maximum atomic E-state index is 13.1. The SMILES string of the molecule is COc1ccccc1[C@@H](C)NCC(O)c1cccc(F)c1. The van der Waals surface area contributed by atoms with Crippen molar-refractivity contribution in [1.82, 2.24) is 5.32 Å². The van der Waals surface area contributed by atoms with Gasteiger partial charge in [0.2, 0.25) is 0 Å². The first-order valence-electron chi connectivity index (χ1n) is 6.91.